The average molecular weight is 585 g/mol. The fraction of sp³-hybridized carbons (Fsp3) is 0.148. The Hall–Kier alpha value is -4.91. The van der Waals surface area contributed by atoms with Crippen LogP contribution >= 0.6 is 11.6 Å². The SMILES string of the molecule is Cc1nc2ccc(N(C)C(=O)c3cccc(-n4nc(C(F)(F)F)c(Cl)c4COc4ccc(C(=O)O)cc4)c3)cn2n1. The molecule has 0 saturated heterocycles. The highest BCUT2D eigenvalue weighted by Gasteiger charge is 2.39. The van der Waals surface area contributed by atoms with Crippen LogP contribution in [0.5, 0.6) is 5.75 Å². The second-order valence-electron chi connectivity index (χ2n) is 8.90. The smallest absolute Gasteiger partial charge is 0.436 e. The molecule has 14 heteroatoms. The molecule has 5 rings (SSSR count). The van der Waals surface area contributed by atoms with E-state index in [1.54, 1.807) is 32.3 Å². The third-order valence-corrected chi connectivity index (χ3v) is 6.51. The minimum absolute atomic E-state index is 0.0163. The molecule has 210 valence electrons. The number of amides is 1. The van der Waals surface area contributed by atoms with E-state index in [1.165, 1.54) is 57.9 Å². The van der Waals surface area contributed by atoms with E-state index in [0.29, 0.717) is 17.2 Å². The number of rotatable bonds is 7. The van der Waals surface area contributed by atoms with Crippen molar-refractivity contribution in [1.29, 1.82) is 0 Å². The van der Waals surface area contributed by atoms with E-state index < -0.39 is 35.4 Å². The molecule has 0 radical (unpaired) electrons. The van der Waals surface area contributed by atoms with Gasteiger partial charge in [0.25, 0.3) is 5.91 Å². The number of aromatic nitrogens is 5. The van der Waals surface area contributed by atoms with Gasteiger partial charge in [-0.15, -0.1) is 0 Å². The summed E-state index contributed by atoms with van der Waals surface area (Å²) in [4.78, 5) is 30.1. The van der Waals surface area contributed by atoms with Gasteiger partial charge in [0.2, 0.25) is 0 Å². The molecule has 0 aliphatic rings. The second kappa shape index (κ2) is 10.6. The Morgan fingerprint density at radius 3 is 2.46 bits per heavy atom. The largest absolute Gasteiger partial charge is 0.487 e. The number of carbonyl (C=O) groups excluding carboxylic acids is 1. The van der Waals surface area contributed by atoms with Crippen LogP contribution in [0.15, 0.2) is 66.9 Å². The number of carbonyl (C=O) groups is 2. The first-order chi connectivity index (χ1) is 19.4. The van der Waals surface area contributed by atoms with Crippen LogP contribution in [0.3, 0.4) is 0 Å². The van der Waals surface area contributed by atoms with Crippen molar-refractivity contribution in [2.45, 2.75) is 19.7 Å². The number of benzene rings is 2. The van der Waals surface area contributed by atoms with Crippen LogP contribution in [0.4, 0.5) is 18.9 Å². The lowest BCUT2D eigenvalue weighted by molar-refractivity contribution is -0.141. The molecule has 0 fully saturated rings. The van der Waals surface area contributed by atoms with E-state index in [0.717, 1.165) is 4.68 Å². The molecule has 3 aromatic heterocycles. The number of carboxylic acid groups (broad SMARTS) is 1. The molecule has 0 saturated carbocycles. The highest BCUT2D eigenvalue weighted by molar-refractivity contribution is 6.32. The first kappa shape index (κ1) is 27.6. The molecular weight excluding hydrogens is 565 g/mol. The number of carboxylic acids is 1. The Kier molecular flexibility index (Phi) is 7.13. The summed E-state index contributed by atoms with van der Waals surface area (Å²) in [5.74, 6) is -0.801. The van der Waals surface area contributed by atoms with Gasteiger partial charge in [-0.25, -0.2) is 19.0 Å². The van der Waals surface area contributed by atoms with E-state index in [-0.39, 0.29) is 28.3 Å². The predicted octanol–water partition coefficient (Wildman–Crippen LogP) is 5.45. The summed E-state index contributed by atoms with van der Waals surface area (Å²) in [6.45, 7) is 1.32. The molecule has 0 aliphatic carbocycles. The van der Waals surface area contributed by atoms with Gasteiger partial charge >= 0.3 is 12.1 Å². The van der Waals surface area contributed by atoms with Gasteiger partial charge < -0.3 is 14.7 Å². The molecule has 5 aromatic rings. The summed E-state index contributed by atoms with van der Waals surface area (Å²) >= 11 is 6.13. The van der Waals surface area contributed by atoms with Crippen molar-refractivity contribution < 1.29 is 32.6 Å². The van der Waals surface area contributed by atoms with Crippen LogP contribution in [0.2, 0.25) is 5.02 Å². The molecule has 0 atom stereocenters. The van der Waals surface area contributed by atoms with Gasteiger partial charge in [0.05, 0.1) is 28.2 Å². The van der Waals surface area contributed by atoms with Crippen molar-refractivity contribution in [2.75, 3.05) is 11.9 Å². The molecule has 41 heavy (non-hydrogen) atoms. The number of hydrogen-bond acceptors (Lipinski definition) is 6. The third kappa shape index (κ3) is 5.57. The highest BCUT2D eigenvalue weighted by Crippen LogP contribution is 2.37. The van der Waals surface area contributed by atoms with Crippen LogP contribution < -0.4 is 9.64 Å². The maximum Gasteiger partial charge on any atom is 0.436 e. The van der Waals surface area contributed by atoms with Crippen molar-refractivity contribution >= 4 is 34.8 Å². The monoisotopic (exact) mass is 584 g/mol. The Morgan fingerprint density at radius 2 is 1.78 bits per heavy atom. The number of pyridine rings is 1. The Morgan fingerprint density at radius 1 is 1.05 bits per heavy atom. The van der Waals surface area contributed by atoms with Gasteiger partial charge in [0.15, 0.2) is 11.3 Å². The zero-order valence-electron chi connectivity index (χ0n) is 21.4. The number of anilines is 1. The fourth-order valence-corrected chi connectivity index (χ4v) is 4.34. The standard InChI is InChI=1S/C27H20ClF3N6O4/c1-15-32-22-11-8-19(13-36(22)33-15)35(2)25(38)17-4-3-5-18(12-17)37-21(23(28)24(34-37)27(29,30)31)14-41-20-9-6-16(7-10-20)26(39)40/h3-13H,14H2,1-2H3,(H,39,40). The topological polar surface area (TPSA) is 115 Å². The maximum atomic E-state index is 13.7. The molecule has 0 bridgehead atoms. The summed E-state index contributed by atoms with van der Waals surface area (Å²) in [6.07, 6.45) is -3.22. The van der Waals surface area contributed by atoms with E-state index in [9.17, 15) is 22.8 Å². The molecule has 2 aromatic carbocycles. The number of nitrogens with zero attached hydrogens (tertiary/aromatic N) is 6. The van der Waals surface area contributed by atoms with E-state index >= 15 is 0 Å². The number of alkyl halides is 3. The minimum atomic E-state index is -4.85. The van der Waals surface area contributed by atoms with Gasteiger partial charge in [0, 0.05) is 12.6 Å². The maximum absolute atomic E-state index is 13.7. The molecule has 0 unspecified atom stereocenters. The predicted molar refractivity (Wildman–Crippen MR) is 142 cm³/mol. The van der Waals surface area contributed by atoms with Crippen LogP contribution in [0, 0.1) is 6.92 Å². The van der Waals surface area contributed by atoms with Gasteiger partial charge in [-0.1, -0.05) is 17.7 Å². The first-order valence-corrected chi connectivity index (χ1v) is 12.3. The van der Waals surface area contributed by atoms with Gasteiger partial charge in [0.1, 0.15) is 23.9 Å². The van der Waals surface area contributed by atoms with Crippen LogP contribution in [-0.4, -0.2) is 48.4 Å². The quantitative estimate of drug-likeness (QED) is 0.270. The Balaban J connectivity index is 1.46. The number of halogens is 4. The number of aryl methyl sites for hydroxylation is 1. The summed E-state index contributed by atoms with van der Waals surface area (Å²) in [6, 6.07) is 14.7. The Labute approximate surface area is 235 Å². The first-order valence-electron chi connectivity index (χ1n) is 11.9. The summed E-state index contributed by atoms with van der Waals surface area (Å²) in [5.41, 5.74) is 0.0260. The number of aromatic carboxylic acids is 1. The third-order valence-electron chi connectivity index (χ3n) is 6.11. The molecule has 10 nitrogen and oxygen atoms in total. The zero-order valence-corrected chi connectivity index (χ0v) is 22.2. The zero-order chi connectivity index (χ0) is 29.5. The fourth-order valence-electron chi connectivity index (χ4n) is 4.06. The van der Waals surface area contributed by atoms with Gasteiger partial charge in [-0.2, -0.15) is 23.4 Å². The molecule has 1 amide bonds. The van der Waals surface area contributed by atoms with Crippen LogP contribution in [0.25, 0.3) is 11.3 Å². The number of fused-ring (bicyclic) bond motifs is 1. The second-order valence-corrected chi connectivity index (χ2v) is 9.28. The lowest BCUT2D eigenvalue weighted by Crippen LogP contribution is -2.26. The summed E-state index contributed by atoms with van der Waals surface area (Å²) in [7, 11) is 1.56. The number of ether oxygens (including phenoxy) is 1. The lowest BCUT2D eigenvalue weighted by atomic mass is 10.1. The van der Waals surface area contributed by atoms with Crippen molar-refractivity contribution in [3.05, 3.63) is 100 Å². The van der Waals surface area contributed by atoms with Crippen molar-refractivity contribution in [3.8, 4) is 11.4 Å². The summed E-state index contributed by atoms with van der Waals surface area (Å²) < 4.78 is 49.3. The van der Waals surface area contributed by atoms with Crippen LogP contribution in [-0.2, 0) is 12.8 Å². The number of hydrogen-bond donors (Lipinski definition) is 1. The van der Waals surface area contributed by atoms with Crippen molar-refractivity contribution in [2.24, 2.45) is 0 Å². The van der Waals surface area contributed by atoms with E-state index in [2.05, 4.69) is 15.2 Å². The molecule has 3 heterocycles. The highest BCUT2D eigenvalue weighted by atomic mass is 35.5. The minimum Gasteiger partial charge on any atom is -0.487 e. The summed E-state index contributed by atoms with van der Waals surface area (Å²) in [5, 5.41) is 16.3. The van der Waals surface area contributed by atoms with Crippen molar-refractivity contribution in [1.82, 2.24) is 24.4 Å². The lowest BCUT2D eigenvalue weighted by Gasteiger charge is -2.18. The van der Waals surface area contributed by atoms with Crippen molar-refractivity contribution in [3.63, 3.8) is 0 Å². The normalized spacial score (nSPS) is 11.6. The van der Waals surface area contributed by atoms with Crippen LogP contribution in [0.1, 0.15) is 37.9 Å². The average Bonchev–Trinajstić information content (AvgIpc) is 3.49. The van der Waals surface area contributed by atoms with Gasteiger partial charge in [-0.3, -0.25) is 4.79 Å². The molecule has 0 aliphatic heterocycles. The van der Waals surface area contributed by atoms with E-state index in [1.807, 2.05) is 0 Å². The molecule has 0 spiro atoms. The Bertz CT molecular complexity index is 1780. The molecule has 1 N–H and O–H groups in total. The van der Waals surface area contributed by atoms with Gasteiger partial charge in [-0.05, 0) is 61.5 Å². The molecular formula is C27H20ClF3N6O4. The van der Waals surface area contributed by atoms with E-state index in [4.69, 9.17) is 21.4 Å².